The van der Waals surface area contributed by atoms with E-state index < -0.39 is 5.60 Å². The summed E-state index contributed by atoms with van der Waals surface area (Å²) in [5.74, 6) is -0.541. The van der Waals surface area contributed by atoms with Crippen molar-refractivity contribution in [2.45, 2.75) is 24.9 Å². The number of hydrogen-bond donors (Lipinski definition) is 1. The van der Waals surface area contributed by atoms with Gasteiger partial charge >= 0.3 is 0 Å². The number of benzene rings is 2. The van der Waals surface area contributed by atoms with Gasteiger partial charge in [-0.2, -0.15) is 0 Å². The first kappa shape index (κ1) is 19.5. The number of rotatable bonds is 4. The van der Waals surface area contributed by atoms with Gasteiger partial charge in [0.1, 0.15) is 5.82 Å². The van der Waals surface area contributed by atoms with Crippen molar-refractivity contribution in [3.63, 3.8) is 0 Å². The second-order valence-corrected chi connectivity index (χ2v) is 7.78. The molecular weight excluding hydrogens is 395 g/mol. The van der Waals surface area contributed by atoms with Crippen LogP contribution in [-0.4, -0.2) is 49.6 Å². The molecule has 0 radical (unpaired) electrons. The van der Waals surface area contributed by atoms with E-state index in [1.807, 2.05) is 0 Å². The molecule has 3 aromatic rings. The lowest BCUT2D eigenvalue weighted by Crippen LogP contribution is -2.47. The first-order valence-corrected chi connectivity index (χ1v) is 9.74. The van der Waals surface area contributed by atoms with E-state index in [4.69, 9.17) is 11.6 Å². The lowest BCUT2D eigenvalue weighted by molar-refractivity contribution is -0.0164. The zero-order valence-electron chi connectivity index (χ0n) is 15.6. The first-order chi connectivity index (χ1) is 13.9. The number of likely N-dealkylation sites (tertiary alicyclic amines) is 1. The third-order valence-electron chi connectivity index (χ3n) is 5.21. The van der Waals surface area contributed by atoms with Gasteiger partial charge in [0.25, 0.3) is 5.91 Å². The Morgan fingerprint density at radius 1 is 1.17 bits per heavy atom. The van der Waals surface area contributed by atoms with Crippen molar-refractivity contribution < 1.29 is 14.3 Å². The zero-order valence-corrected chi connectivity index (χ0v) is 16.4. The minimum atomic E-state index is -0.953. The molecular formula is C21H20ClFN4O2. The van der Waals surface area contributed by atoms with E-state index in [1.54, 1.807) is 47.5 Å². The Bertz CT molecular complexity index is 1010. The van der Waals surface area contributed by atoms with Gasteiger partial charge in [0.05, 0.1) is 17.5 Å². The number of carbonyl (C=O) groups excluding carboxylic acids is 1. The fourth-order valence-corrected chi connectivity index (χ4v) is 3.70. The molecule has 0 atom stereocenters. The maximum absolute atomic E-state index is 13.4. The Morgan fingerprint density at radius 2 is 1.90 bits per heavy atom. The summed E-state index contributed by atoms with van der Waals surface area (Å²) >= 11 is 5.89. The normalized spacial score (nSPS) is 16.0. The molecule has 1 saturated heterocycles. The van der Waals surface area contributed by atoms with Crippen molar-refractivity contribution in [3.05, 3.63) is 76.8 Å². The van der Waals surface area contributed by atoms with Crippen LogP contribution < -0.4 is 0 Å². The van der Waals surface area contributed by atoms with Gasteiger partial charge in [-0.25, -0.2) is 9.07 Å². The number of halogens is 2. The van der Waals surface area contributed by atoms with Crippen LogP contribution in [0, 0.1) is 5.82 Å². The molecule has 0 aliphatic carbocycles. The van der Waals surface area contributed by atoms with Crippen LogP contribution in [-0.2, 0) is 6.42 Å². The molecule has 6 nitrogen and oxygen atoms in total. The Balaban J connectivity index is 1.39. The second kappa shape index (κ2) is 7.93. The highest BCUT2D eigenvalue weighted by Crippen LogP contribution is 2.27. The van der Waals surface area contributed by atoms with E-state index in [1.165, 1.54) is 16.8 Å². The highest BCUT2D eigenvalue weighted by atomic mass is 35.5. The number of amides is 1. The molecule has 1 aliphatic heterocycles. The molecule has 1 fully saturated rings. The summed E-state index contributed by atoms with van der Waals surface area (Å²) < 4.78 is 14.9. The predicted octanol–water partition coefficient (Wildman–Crippen LogP) is 3.27. The Morgan fingerprint density at radius 3 is 2.59 bits per heavy atom. The quantitative estimate of drug-likeness (QED) is 0.711. The molecule has 0 unspecified atom stereocenters. The second-order valence-electron chi connectivity index (χ2n) is 7.35. The molecule has 4 rings (SSSR count). The van der Waals surface area contributed by atoms with Gasteiger partial charge < -0.3 is 10.0 Å². The molecule has 1 aliphatic rings. The van der Waals surface area contributed by atoms with Crippen molar-refractivity contribution in [1.82, 2.24) is 19.9 Å². The average Bonchev–Trinajstić information content (AvgIpc) is 3.18. The highest BCUT2D eigenvalue weighted by molar-refractivity contribution is 6.30. The van der Waals surface area contributed by atoms with E-state index in [0.29, 0.717) is 37.4 Å². The first-order valence-electron chi connectivity index (χ1n) is 9.36. The van der Waals surface area contributed by atoms with Crippen LogP contribution in [0.5, 0.6) is 0 Å². The number of aromatic nitrogens is 3. The zero-order chi connectivity index (χ0) is 20.4. The summed E-state index contributed by atoms with van der Waals surface area (Å²) in [4.78, 5) is 14.4. The number of aliphatic hydroxyl groups is 1. The fourth-order valence-electron chi connectivity index (χ4n) is 3.57. The van der Waals surface area contributed by atoms with Crippen molar-refractivity contribution in [2.75, 3.05) is 13.1 Å². The van der Waals surface area contributed by atoms with Crippen molar-refractivity contribution in [2.24, 2.45) is 0 Å². The Labute approximate surface area is 172 Å². The molecule has 150 valence electrons. The third kappa shape index (κ3) is 4.46. The predicted molar refractivity (Wildman–Crippen MR) is 107 cm³/mol. The molecule has 1 N–H and O–H groups in total. The van der Waals surface area contributed by atoms with E-state index in [0.717, 1.165) is 11.3 Å². The van der Waals surface area contributed by atoms with Gasteiger partial charge in [0.2, 0.25) is 0 Å². The molecule has 8 heteroatoms. The van der Waals surface area contributed by atoms with E-state index in [9.17, 15) is 14.3 Å². The largest absolute Gasteiger partial charge is 0.389 e. The van der Waals surface area contributed by atoms with Gasteiger partial charge in [0, 0.05) is 24.5 Å². The summed E-state index contributed by atoms with van der Waals surface area (Å²) in [6.07, 6.45) is 2.78. The molecule has 1 amide bonds. The van der Waals surface area contributed by atoms with Crippen LogP contribution in [0.2, 0.25) is 5.02 Å². The molecule has 1 aromatic heterocycles. The van der Waals surface area contributed by atoms with Gasteiger partial charge in [-0.15, -0.1) is 5.10 Å². The number of carbonyl (C=O) groups is 1. The van der Waals surface area contributed by atoms with Crippen LogP contribution in [0.3, 0.4) is 0 Å². The van der Waals surface area contributed by atoms with Crippen LogP contribution in [0.15, 0.2) is 54.7 Å². The summed E-state index contributed by atoms with van der Waals surface area (Å²) in [7, 11) is 0. The summed E-state index contributed by atoms with van der Waals surface area (Å²) in [6.45, 7) is 0.802. The van der Waals surface area contributed by atoms with E-state index in [2.05, 4.69) is 10.3 Å². The minimum Gasteiger partial charge on any atom is -0.389 e. The highest BCUT2D eigenvalue weighted by Gasteiger charge is 2.35. The molecule has 2 aromatic carbocycles. The molecule has 0 bridgehead atoms. The number of hydrogen-bond acceptors (Lipinski definition) is 4. The summed E-state index contributed by atoms with van der Waals surface area (Å²) in [6, 6.07) is 13.3. The maximum Gasteiger partial charge on any atom is 0.276 e. The van der Waals surface area contributed by atoms with Gasteiger partial charge in [-0.05, 0) is 54.8 Å². The average molecular weight is 415 g/mol. The van der Waals surface area contributed by atoms with Crippen molar-refractivity contribution in [3.8, 4) is 5.69 Å². The van der Waals surface area contributed by atoms with Crippen LogP contribution in [0.1, 0.15) is 28.9 Å². The molecule has 2 heterocycles. The van der Waals surface area contributed by atoms with Gasteiger partial charge in [-0.3, -0.25) is 4.79 Å². The van der Waals surface area contributed by atoms with Crippen LogP contribution >= 0.6 is 11.6 Å². The van der Waals surface area contributed by atoms with Crippen molar-refractivity contribution in [1.29, 1.82) is 0 Å². The Hall–Kier alpha value is -2.77. The van der Waals surface area contributed by atoms with Crippen LogP contribution in [0.25, 0.3) is 5.69 Å². The standard InChI is InChI=1S/C21H20ClFN4O2/c22-16-4-6-18(7-5-16)27-14-19(24-25-27)20(28)26-10-8-21(29,9-11-26)13-15-2-1-3-17(23)12-15/h1-7,12,14,29H,8-11,13H2. The smallest absolute Gasteiger partial charge is 0.276 e. The number of nitrogens with zero attached hydrogens (tertiary/aromatic N) is 4. The minimum absolute atomic E-state index is 0.224. The lowest BCUT2D eigenvalue weighted by Gasteiger charge is -2.38. The Kier molecular flexibility index (Phi) is 5.34. The molecule has 29 heavy (non-hydrogen) atoms. The lowest BCUT2D eigenvalue weighted by atomic mass is 9.85. The molecule has 0 saturated carbocycles. The summed E-state index contributed by atoms with van der Waals surface area (Å²) in [5, 5.41) is 19.5. The van der Waals surface area contributed by atoms with E-state index >= 15 is 0 Å². The van der Waals surface area contributed by atoms with Gasteiger partial charge in [0.15, 0.2) is 5.69 Å². The fraction of sp³-hybridized carbons (Fsp3) is 0.286. The maximum atomic E-state index is 13.4. The SMILES string of the molecule is O=C(c1cn(-c2ccc(Cl)cc2)nn1)N1CCC(O)(Cc2cccc(F)c2)CC1. The number of piperidine rings is 1. The topological polar surface area (TPSA) is 71.2 Å². The van der Waals surface area contributed by atoms with Crippen LogP contribution in [0.4, 0.5) is 4.39 Å². The van der Waals surface area contributed by atoms with Crippen molar-refractivity contribution >= 4 is 17.5 Å². The third-order valence-corrected chi connectivity index (χ3v) is 5.46. The summed E-state index contributed by atoms with van der Waals surface area (Å²) in [5.41, 5.74) is 0.795. The van der Waals surface area contributed by atoms with E-state index in [-0.39, 0.29) is 17.4 Å². The monoisotopic (exact) mass is 414 g/mol. The van der Waals surface area contributed by atoms with Gasteiger partial charge in [-0.1, -0.05) is 28.9 Å². The molecule has 0 spiro atoms.